The molecule has 110 valence electrons. The van der Waals surface area contributed by atoms with E-state index < -0.39 is 0 Å². The van der Waals surface area contributed by atoms with Crippen molar-refractivity contribution in [3.8, 4) is 11.1 Å². The highest BCUT2D eigenvalue weighted by molar-refractivity contribution is 6.30. The summed E-state index contributed by atoms with van der Waals surface area (Å²) in [7, 11) is 0. The van der Waals surface area contributed by atoms with Gasteiger partial charge in [-0.25, -0.2) is 0 Å². The van der Waals surface area contributed by atoms with Gasteiger partial charge in [-0.05, 0) is 42.5 Å². The summed E-state index contributed by atoms with van der Waals surface area (Å²) in [4.78, 5) is 2.43. The molecule has 0 amide bonds. The minimum Gasteiger partial charge on any atom is -0.396 e. The van der Waals surface area contributed by atoms with Crippen molar-refractivity contribution >= 4 is 17.3 Å². The molecule has 3 heteroatoms. The maximum absolute atomic E-state index is 9.28. The molecule has 0 radical (unpaired) electrons. The highest BCUT2D eigenvalue weighted by atomic mass is 35.5. The molecule has 1 N–H and O–H groups in total. The van der Waals surface area contributed by atoms with Crippen LogP contribution in [0.15, 0.2) is 48.5 Å². The van der Waals surface area contributed by atoms with Crippen LogP contribution in [0.25, 0.3) is 11.1 Å². The molecular formula is C18H20ClNO. The second-order valence-corrected chi connectivity index (χ2v) is 6.07. The van der Waals surface area contributed by atoms with Crippen molar-refractivity contribution in [1.82, 2.24) is 0 Å². The van der Waals surface area contributed by atoms with Crippen LogP contribution in [0.4, 0.5) is 5.69 Å². The van der Waals surface area contributed by atoms with E-state index in [1.807, 2.05) is 12.1 Å². The minimum absolute atomic E-state index is 0.312. The van der Waals surface area contributed by atoms with E-state index in [2.05, 4.69) is 41.3 Å². The maximum Gasteiger partial charge on any atom is 0.0460 e. The Morgan fingerprint density at radius 2 is 1.67 bits per heavy atom. The van der Waals surface area contributed by atoms with Gasteiger partial charge in [0, 0.05) is 36.0 Å². The van der Waals surface area contributed by atoms with Crippen LogP contribution in [0.5, 0.6) is 0 Å². The van der Waals surface area contributed by atoms with E-state index in [0.29, 0.717) is 12.5 Å². The van der Waals surface area contributed by atoms with Gasteiger partial charge in [-0.2, -0.15) is 0 Å². The van der Waals surface area contributed by atoms with Crippen LogP contribution in [-0.2, 0) is 0 Å². The smallest absolute Gasteiger partial charge is 0.0460 e. The summed E-state index contributed by atoms with van der Waals surface area (Å²) in [6.07, 6.45) is 2.12. The second kappa shape index (κ2) is 6.50. The van der Waals surface area contributed by atoms with E-state index in [1.54, 1.807) is 0 Å². The average Bonchev–Trinajstić information content (AvgIpc) is 2.56. The number of para-hydroxylation sites is 1. The lowest BCUT2D eigenvalue weighted by molar-refractivity contribution is 0.203. The van der Waals surface area contributed by atoms with E-state index in [9.17, 15) is 5.11 Å². The van der Waals surface area contributed by atoms with Crippen molar-refractivity contribution in [3.63, 3.8) is 0 Å². The van der Waals surface area contributed by atoms with Gasteiger partial charge >= 0.3 is 0 Å². The summed E-state index contributed by atoms with van der Waals surface area (Å²) >= 11 is 5.99. The van der Waals surface area contributed by atoms with Crippen molar-refractivity contribution < 1.29 is 5.11 Å². The number of nitrogens with zero attached hydrogens (tertiary/aromatic N) is 1. The van der Waals surface area contributed by atoms with Gasteiger partial charge in [0.05, 0.1) is 0 Å². The van der Waals surface area contributed by atoms with Crippen molar-refractivity contribution in [2.24, 2.45) is 5.92 Å². The molecule has 2 aromatic carbocycles. The van der Waals surface area contributed by atoms with E-state index in [1.165, 1.54) is 16.8 Å². The summed E-state index contributed by atoms with van der Waals surface area (Å²) in [6.45, 7) is 2.33. The quantitative estimate of drug-likeness (QED) is 0.917. The Kier molecular flexibility index (Phi) is 4.47. The number of aliphatic hydroxyl groups is 1. The molecule has 0 bridgehead atoms. The molecule has 1 heterocycles. The van der Waals surface area contributed by atoms with Crippen LogP contribution in [0.3, 0.4) is 0 Å². The third kappa shape index (κ3) is 3.22. The summed E-state index contributed by atoms with van der Waals surface area (Å²) in [5, 5.41) is 10.0. The number of benzene rings is 2. The first-order valence-electron chi connectivity index (χ1n) is 7.48. The highest BCUT2D eigenvalue weighted by Gasteiger charge is 2.20. The molecule has 0 unspecified atom stereocenters. The van der Waals surface area contributed by atoms with Crippen LogP contribution in [0.2, 0.25) is 5.02 Å². The largest absolute Gasteiger partial charge is 0.396 e. The fraction of sp³-hybridized carbons (Fsp3) is 0.333. The second-order valence-electron chi connectivity index (χ2n) is 5.64. The van der Waals surface area contributed by atoms with Crippen molar-refractivity contribution in [1.29, 1.82) is 0 Å². The molecular weight excluding hydrogens is 282 g/mol. The Morgan fingerprint density at radius 1 is 1.00 bits per heavy atom. The number of aliphatic hydroxyl groups excluding tert-OH is 1. The topological polar surface area (TPSA) is 23.5 Å². The lowest BCUT2D eigenvalue weighted by atomic mass is 9.95. The van der Waals surface area contributed by atoms with E-state index in [0.717, 1.165) is 31.0 Å². The maximum atomic E-state index is 9.28. The lowest BCUT2D eigenvalue weighted by Crippen LogP contribution is -2.35. The van der Waals surface area contributed by atoms with E-state index in [-0.39, 0.29) is 0 Å². The third-order valence-corrected chi connectivity index (χ3v) is 4.52. The Bertz CT molecular complexity index is 588. The Morgan fingerprint density at radius 3 is 2.33 bits per heavy atom. The molecule has 21 heavy (non-hydrogen) atoms. The zero-order valence-electron chi connectivity index (χ0n) is 12.0. The first-order chi connectivity index (χ1) is 10.3. The SMILES string of the molecule is OCC1CCN(c2ccccc2-c2ccc(Cl)cc2)CC1. The minimum atomic E-state index is 0.312. The van der Waals surface area contributed by atoms with E-state index >= 15 is 0 Å². The molecule has 0 saturated carbocycles. The summed E-state index contributed by atoms with van der Waals surface area (Å²) in [5.74, 6) is 0.462. The molecule has 3 rings (SSSR count). The fourth-order valence-electron chi connectivity index (χ4n) is 2.98. The molecule has 2 aromatic rings. The number of piperidine rings is 1. The summed E-state index contributed by atoms with van der Waals surface area (Å²) in [6, 6.07) is 16.5. The number of anilines is 1. The number of rotatable bonds is 3. The van der Waals surface area contributed by atoms with Gasteiger partial charge < -0.3 is 10.0 Å². The lowest BCUT2D eigenvalue weighted by Gasteiger charge is -2.34. The van der Waals surface area contributed by atoms with Gasteiger partial charge in [-0.3, -0.25) is 0 Å². The first-order valence-corrected chi connectivity index (χ1v) is 7.86. The normalized spacial score (nSPS) is 16.2. The average molecular weight is 302 g/mol. The van der Waals surface area contributed by atoms with Crippen molar-refractivity contribution in [2.75, 3.05) is 24.6 Å². The number of halogens is 1. The van der Waals surface area contributed by atoms with Crippen LogP contribution >= 0.6 is 11.6 Å². The van der Waals surface area contributed by atoms with Crippen LogP contribution in [-0.4, -0.2) is 24.8 Å². The Balaban J connectivity index is 1.88. The fourth-order valence-corrected chi connectivity index (χ4v) is 3.11. The number of hydrogen-bond donors (Lipinski definition) is 1. The van der Waals surface area contributed by atoms with Crippen LogP contribution in [0, 0.1) is 5.92 Å². The molecule has 1 saturated heterocycles. The molecule has 1 aliphatic rings. The van der Waals surface area contributed by atoms with Gasteiger partial charge in [0.15, 0.2) is 0 Å². The summed E-state index contributed by atoms with van der Waals surface area (Å²) in [5.41, 5.74) is 3.71. The van der Waals surface area contributed by atoms with Gasteiger partial charge in [0.1, 0.15) is 0 Å². The molecule has 1 fully saturated rings. The first kappa shape index (κ1) is 14.4. The van der Waals surface area contributed by atoms with E-state index in [4.69, 9.17) is 11.6 Å². The molecule has 1 aliphatic heterocycles. The van der Waals surface area contributed by atoms with Gasteiger partial charge in [-0.15, -0.1) is 0 Å². The van der Waals surface area contributed by atoms with Crippen LogP contribution in [0.1, 0.15) is 12.8 Å². The molecule has 2 nitrogen and oxygen atoms in total. The highest BCUT2D eigenvalue weighted by Crippen LogP contribution is 2.33. The van der Waals surface area contributed by atoms with Gasteiger partial charge in [0.2, 0.25) is 0 Å². The number of hydrogen-bond acceptors (Lipinski definition) is 2. The molecule has 0 aromatic heterocycles. The molecule has 0 aliphatic carbocycles. The van der Waals surface area contributed by atoms with Gasteiger partial charge in [0.25, 0.3) is 0 Å². The zero-order chi connectivity index (χ0) is 14.7. The van der Waals surface area contributed by atoms with Gasteiger partial charge in [-0.1, -0.05) is 41.9 Å². The summed E-state index contributed by atoms with van der Waals surface area (Å²) < 4.78 is 0. The zero-order valence-corrected chi connectivity index (χ0v) is 12.8. The Labute approximate surface area is 131 Å². The third-order valence-electron chi connectivity index (χ3n) is 4.27. The van der Waals surface area contributed by atoms with Crippen LogP contribution < -0.4 is 4.90 Å². The standard InChI is InChI=1S/C18H20ClNO/c19-16-7-5-15(6-8-16)17-3-1-2-4-18(17)20-11-9-14(13-21)10-12-20/h1-8,14,21H,9-13H2. The predicted molar refractivity (Wildman–Crippen MR) is 88.9 cm³/mol. The monoisotopic (exact) mass is 301 g/mol. The Hall–Kier alpha value is -1.51. The van der Waals surface area contributed by atoms with Crippen molar-refractivity contribution in [3.05, 3.63) is 53.6 Å². The van der Waals surface area contributed by atoms with Crippen molar-refractivity contribution in [2.45, 2.75) is 12.8 Å². The molecule has 0 atom stereocenters. The molecule has 0 spiro atoms. The predicted octanol–water partition coefficient (Wildman–Crippen LogP) is 4.22.